The molecule has 0 bridgehead atoms. The monoisotopic (exact) mass is 332 g/mol. The summed E-state index contributed by atoms with van der Waals surface area (Å²) in [5.41, 5.74) is 7.75. The van der Waals surface area contributed by atoms with E-state index in [0.717, 1.165) is 0 Å². The van der Waals surface area contributed by atoms with Gasteiger partial charge in [-0.25, -0.2) is 0 Å². The Bertz CT molecular complexity index is 909. The van der Waals surface area contributed by atoms with Crippen molar-refractivity contribution in [2.24, 2.45) is 10.2 Å². The zero-order chi connectivity index (χ0) is 17.6. The SMILES string of the molecule is Nc1cc(O)c(C(=O)Nc2ccccc2)cc1N=Nc1ccccc1. The number of anilines is 2. The van der Waals surface area contributed by atoms with Gasteiger partial charge in [-0.15, -0.1) is 5.11 Å². The highest BCUT2D eigenvalue weighted by atomic mass is 16.3. The average molecular weight is 332 g/mol. The van der Waals surface area contributed by atoms with E-state index < -0.39 is 5.91 Å². The average Bonchev–Trinajstić information content (AvgIpc) is 2.62. The van der Waals surface area contributed by atoms with Gasteiger partial charge < -0.3 is 16.2 Å². The predicted octanol–water partition coefficient (Wildman–Crippen LogP) is 4.64. The van der Waals surface area contributed by atoms with Crippen LogP contribution < -0.4 is 11.1 Å². The molecular weight excluding hydrogens is 316 g/mol. The Morgan fingerprint density at radius 3 is 2.24 bits per heavy atom. The van der Waals surface area contributed by atoms with Gasteiger partial charge in [0.15, 0.2) is 0 Å². The maximum atomic E-state index is 12.4. The number of phenolic OH excluding ortho intramolecular Hbond substituents is 1. The van der Waals surface area contributed by atoms with Crippen LogP contribution in [0.15, 0.2) is 83.0 Å². The number of hydrogen-bond donors (Lipinski definition) is 3. The van der Waals surface area contributed by atoms with Gasteiger partial charge in [-0.3, -0.25) is 4.79 Å². The van der Waals surface area contributed by atoms with Gasteiger partial charge in [0, 0.05) is 11.8 Å². The standard InChI is InChI=1S/C19H16N4O2/c20-16-12-18(24)15(19(25)21-13-7-3-1-4-8-13)11-17(16)23-22-14-9-5-2-6-10-14/h1-12,24H,20H2,(H,21,25). The van der Waals surface area contributed by atoms with Crippen LogP contribution in [0.1, 0.15) is 10.4 Å². The van der Waals surface area contributed by atoms with Crippen LogP contribution in [0.4, 0.5) is 22.7 Å². The van der Waals surface area contributed by atoms with Crippen molar-refractivity contribution in [2.75, 3.05) is 11.1 Å². The third-order valence-electron chi connectivity index (χ3n) is 3.45. The van der Waals surface area contributed by atoms with E-state index in [1.165, 1.54) is 12.1 Å². The first-order valence-corrected chi connectivity index (χ1v) is 7.59. The Morgan fingerprint density at radius 1 is 0.920 bits per heavy atom. The van der Waals surface area contributed by atoms with Crippen LogP contribution >= 0.6 is 0 Å². The van der Waals surface area contributed by atoms with E-state index in [-0.39, 0.29) is 17.0 Å². The lowest BCUT2D eigenvalue weighted by Gasteiger charge is -2.09. The second-order valence-electron chi connectivity index (χ2n) is 5.28. The molecule has 0 unspecified atom stereocenters. The topological polar surface area (TPSA) is 100 Å². The molecule has 6 heteroatoms. The molecule has 0 aliphatic rings. The number of hydrogen-bond acceptors (Lipinski definition) is 5. The summed E-state index contributed by atoms with van der Waals surface area (Å²) in [6.07, 6.45) is 0. The fourth-order valence-corrected chi connectivity index (χ4v) is 2.19. The quantitative estimate of drug-likeness (QED) is 0.479. The third-order valence-corrected chi connectivity index (χ3v) is 3.45. The van der Waals surface area contributed by atoms with Crippen molar-refractivity contribution < 1.29 is 9.90 Å². The molecule has 124 valence electrons. The molecule has 0 saturated carbocycles. The van der Waals surface area contributed by atoms with E-state index in [1.54, 1.807) is 36.4 Å². The van der Waals surface area contributed by atoms with Gasteiger partial charge in [-0.1, -0.05) is 36.4 Å². The first kappa shape index (κ1) is 16.2. The number of nitrogens with two attached hydrogens (primary N) is 1. The molecule has 0 aliphatic heterocycles. The number of carbonyl (C=O) groups is 1. The Kier molecular flexibility index (Phi) is 4.71. The summed E-state index contributed by atoms with van der Waals surface area (Å²) in [5.74, 6) is -0.676. The van der Waals surface area contributed by atoms with Crippen LogP contribution in [0, 0.1) is 0 Å². The second-order valence-corrected chi connectivity index (χ2v) is 5.28. The van der Waals surface area contributed by atoms with Crippen molar-refractivity contribution >= 4 is 28.7 Å². The molecule has 0 fully saturated rings. The van der Waals surface area contributed by atoms with Crippen LogP contribution in [-0.4, -0.2) is 11.0 Å². The Balaban J connectivity index is 1.87. The van der Waals surface area contributed by atoms with E-state index in [9.17, 15) is 9.90 Å². The molecule has 0 atom stereocenters. The maximum absolute atomic E-state index is 12.4. The van der Waals surface area contributed by atoms with Crippen LogP contribution in [0.2, 0.25) is 0 Å². The molecule has 0 aromatic heterocycles. The lowest BCUT2D eigenvalue weighted by atomic mass is 10.1. The number of nitrogens with one attached hydrogen (secondary N) is 1. The molecule has 3 aromatic rings. The minimum Gasteiger partial charge on any atom is -0.507 e. The van der Waals surface area contributed by atoms with Crippen molar-refractivity contribution in [3.63, 3.8) is 0 Å². The summed E-state index contributed by atoms with van der Waals surface area (Å²) in [5, 5.41) is 20.9. The number of phenols is 1. The van der Waals surface area contributed by atoms with Gasteiger partial charge in [0.1, 0.15) is 11.4 Å². The fraction of sp³-hybridized carbons (Fsp3) is 0. The predicted molar refractivity (Wildman–Crippen MR) is 97.5 cm³/mol. The number of para-hydroxylation sites is 1. The first-order valence-electron chi connectivity index (χ1n) is 7.59. The summed E-state index contributed by atoms with van der Waals surface area (Å²) in [4.78, 5) is 12.4. The minimum absolute atomic E-state index is 0.0695. The molecule has 25 heavy (non-hydrogen) atoms. The molecule has 3 rings (SSSR count). The number of benzene rings is 3. The summed E-state index contributed by atoms with van der Waals surface area (Å²) < 4.78 is 0. The van der Waals surface area contributed by atoms with Crippen LogP contribution in [0.5, 0.6) is 5.75 Å². The number of carbonyl (C=O) groups excluding carboxylic acids is 1. The van der Waals surface area contributed by atoms with Crippen molar-refractivity contribution in [1.82, 2.24) is 0 Å². The fourth-order valence-electron chi connectivity index (χ4n) is 2.19. The largest absolute Gasteiger partial charge is 0.507 e. The van der Waals surface area contributed by atoms with Crippen molar-refractivity contribution in [2.45, 2.75) is 0 Å². The zero-order valence-corrected chi connectivity index (χ0v) is 13.3. The molecular formula is C19H16N4O2. The molecule has 6 nitrogen and oxygen atoms in total. The van der Waals surface area contributed by atoms with Gasteiger partial charge in [-0.2, -0.15) is 5.11 Å². The number of azo groups is 1. The highest BCUT2D eigenvalue weighted by Crippen LogP contribution is 2.32. The molecule has 0 saturated heterocycles. The van der Waals surface area contributed by atoms with E-state index in [2.05, 4.69) is 15.5 Å². The summed E-state index contributed by atoms with van der Waals surface area (Å²) in [6, 6.07) is 20.8. The number of nitrogens with zero attached hydrogens (tertiary/aromatic N) is 2. The van der Waals surface area contributed by atoms with Gasteiger partial charge >= 0.3 is 0 Å². The van der Waals surface area contributed by atoms with Crippen molar-refractivity contribution in [3.8, 4) is 5.75 Å². The van der Waals surface area contributed by atoms with Gasteiger partial charge in [0.2, 0.25) is 0 Å². The minimum atomic E-state index is -0.458. The molecule has 3 aromatic carbocycles. The van der Waals surface area contributed by atoms with E-state index in [1.807, 2.05) is 24.3 Å². The van der Waals surface area contributed by atoms with Crippen LogP contribution in [0.3, 0.4) is 0 Å². The molecule has 0 aliphatic carbocycles. The first-order chi connectivity index (χ1) is 12.1. The van der Waals surface area contributed by atoms with Gasteiger partial charge in [-0.05, 0) is 30.3 Å². The van der Waals surface area contributed by atoms with E-state index in [0.29, 0.717) is 17.1 Å². The normalized spacial score (nSPS) is 10.7. The molecule has 4 N–H and O–H groups in total. The lowest BCUT2D eigenvalue weighted by Crippen LogP contribution is -2.12. The summed E-state index contributed by atoms with van der Waals surface area (Å²) in [6.45, 7) is 0. The Morgan fingerprint density at radius 2 is 1.56 bits per heavy atom. The molecule has 1 amide bonds. The van der Waals surface area contributed by atoms with Crippen molar-refractivity contribution in [3.05, 3.63) is 78.4 Å². The van der Waals surface area contributed by atoms with E-state index in [4.69, 9.17) is 5.73 Å². The maximum Gasteiger partial charge on any atom is 0.259 e. The number of aromatic hydroxyl groups is 1. The van der Waals surface area contributed by atoms with Crippen LogP contribution in [0.25, 0.3) is 0 Å². The Hall–Kier alpha value is -3.67. The molecule has 0 spiro atoms. The third kappa shape index (κ3) is 4.00. The highest BCUT2D eigenvalue weighted by molar-refractivity contribution is 6.07. The number of rotatable bonds is 4. The lowest BCUT2D eigenvalue weighted by molar-refractivity contribution is 0.102. The molecule has 0 heterocycles. The van der Waals surface area contributed by atoms with Crippen molar-refractivity contribution in [1.29, 1.82) is 0 Å². The van der Waals surface area contributed by atoms with E-state index >= 15 is 0 Å². The Labute approximate surface area is 144 Å². The van der Waals surface area contributed by atoms with Crippen LogP contribution in [-0.2, 0) is 0 Å². The summed E-state index contributed by atoms with van der Waals surface area (Å²) in [7, 11) is 0. The zero-order valence-electron chi connectivity index (χ0n) is 13.3. The second kappa shape index (κ2) is 7.27. The van der Waals surface area contributed by atoms with Gasteiger partial charge in [0.25, 0.3) is 5.91 Å². The smallest absolute Gasteiger partial charge is 0.259 e. The summed E-state index contributed by atoms with van der Waals surface area (Å²) >= 11 is 0. The van der Waals surface area contributed by atoms with Gasteiger partial charge in [0.05, 0.1) is 16.9 Å². The number of nitrogen functional groups attached to an aromatic ring is 1. The number of amides is 1. The molecule has 0 radical (unpaired) electrons. The highest BCUT2D eigenvalue weighted by Gasteiger charge is 2.14.